The first-order valence-corrected chi connectivity index (χ1v) is 7.17. The Kier molecular flexibility index (Phi) is 5.76. The van der Waals surface area contributed by atoms with Gasteiger partial charge in [-0.15, -0.1) is 0 Å². The van der Waals surface area contributed by atoms with E-state index in [1.807, 2.05) is 20.8 Å². The lowest BCUT2D eigenvalue weighted by atomic mass is 9.88. The number of nitrogens with zero attached hydrogens (tertiary/aromatic N) is 2. The molecule has 110 valence electrons. The summed E-state index contributed by atoms with van der Waals surface area (Å²) in [5.74, 6) is 0.316. The van der Waals surface area contributed by atoms with Crippen LogP contribution in [-0.2, 0) is 4.74 Å². The maximum Gasteiger partial charge on any atom is 0.410 e. The van der Waals surface area contributed by atoms with Gasteiger partial charge in [-0.1, -0.05) is 18.5 Å². The van der Waals surface area contributed by atoms with E-state index in [4.69, 9.17) is 4.74 Å². The van der Waals surface area contributed by atoms with Crippen molar-refractivity contribution in [2.45, 2.75) is 65.0 Å². The summed E-state index contributed by atoms with van der Waals surface area (Å²) in [6.45, 7) is 8.99. The second-order valence-electron chi connectivity index (χ2n) is 6.27. The fourth-order valence-electron chi connectivity index (χ4n) is 2.46. The van der Waals surface area contributed by atoms with Gasteiger partial charge in [-0.05, 0) is 46.0 Å². The Hall–Kier alpha value is -1.13. The Bertz CT molecular complexity index is 304. The van der Waals surface area contributed by atoms with Crippen LogP contribution in [0.1, 0.15) is 53.4 Å². The molecule has 1 heterocycles. The zero-order valence-corrected chi connectivity index (χ0v) is 12.5. The van der Waals surface area contributed by atoms with Crippen LogP contribution in [0, 0.1) is 10.8 Å². The molecule has 0 aromatic carbocycles. The predicted molar refractivity (Wildman–Crippen MR) is 75.0 cm³/mol. The third kappa shape index (κ3) is 5.17. The first-order valence-electron chi connectivity index (χ1n) is 7.17. The minimum Gasteiger partial charge on any atom is -0.444 e. The third-order valence-corrected chi connectivity index (χ3v) is 3.46. The zero-order chi connectivity index (χ0) is 14.5. The van der Waals surface area contributed by atoms with Gasteiger partial charge in [0, 0.05) is 13.1 Å². The molecule has 1 unspecified atom stereocenters. The molecule has 1 atom stereocenters. The Morgan fingerprint density at radius 1 is 1.37 bits per heavy atom. The lowest BCUT2D eigenvalue weighted by molar-refractivity contribution is 0.0173. The summed E-state index contributed by atoms with van der Waals surface area (Å²) in [5.41, 5.74) is -0.455. The monoisotopic (exact) mass is 270 g/mol. The van der Waals surface area contributed by atoms with Crippen molar-refractivity contribution in [3.05, 3.63) is 4.91 Å². The molecule has 0 saturated carbocycles. The quantitative estimate of drug-likeness (QED) is 0.734. The van der Waals surface area contributed by atoms with Crippen LogP contribution < -0.4 is 0 Å². The van der Waals surface area contributed by atoms with Crippen molar-refractivity contribution in [1.29, 1.82) is 0 Å². The molecule has 5 nitrogen and oxygen atoms in total. The lowest BCUT2D eigenvalue weighted by Crippen LogP contribution is -2.43. The van der Waals surface area contributed by atoms with Crippen LogP contribution in [0.2, 0.25) is 0 Å². The molecule has 0 bridgehead atoms. The van der Waals surface area contributed by atoms with Gasteiger partial charge in [0.2, 0.25) is 0 Å². The summed E-state index contributed by atoms with van der Waals surface area (Å²) in [6, 6.07) is -0.0919. The number of rotatable bonds is 4. The molecule has 0 aliphatic carbocycles. The van der Waals surface area contributed by atoms with E-state index in [0.717, 1.165) is 25.7 Å². The van der Waals surface area contributed by atoms with Gasteiger partial charge < -0.3 is 9.64 Å². The van der Waals surface area contributed by atoms with E-state index in [0.29, 0.717) is 19.0 Å². The molecule has 5 heteroatoms. The van der Waals surface area contributed by atoms with E-state index in [1.54, 1.807) is 4.90 Å². The molecular weight excluding hydrogens is 244 g/mol. The normalized spacial score (nSPS) is 19.1. The fourth-order valence-corrected chi connectivity index (χ4v) is 2.46. The summed E-state index contributed by atoms with van der Waals surface area (Å²) in [4.78, 5) is 24.5. The topological polar surface area (TPSA) is 59.0 Å². The molecule has 0 aromatic heterocycles. The van der Waals surface area contributed by atoms with E-state index in [1.165, 1.54) is 0 Å². The van der Waals surface area contributed by atoms with Gasteiger partial charge in [-0.2, -0.15) is 4.91 Å². The first kappa shape index (κ1) is 15.9. The van der Waals surface area contributed by atoms with E-state index < -0.39 is 5.60 Å². The standard InChI is InChI=1S/C14H26N2O3/c1-5-6-12(15-18)11-7-9-16(10-8-11)13(17)19-14(2,3)4/h11-12H,5-10H2,1-4H3. The highest BCUT2D eigenvalue weighted by Crippen LogP contribution is 2.26. The van der Waals surface area contributed by atoms with E-state index in [9.17, 15) is 9.70 Å². The van der Waals surface area contributed by atoms with E-state index in [2.05, 4.69) is 12.1 Å². The van der Waals surface area contributed by atoms with Gasteiger partial charge >= 0.3 is 6.09 Å². The molecule has 0 N–H and O–H groups in total. The average Bonchev–Trinajstić information content (AvgIpc) is 2.34. The largest absolute Gasteiger partial charge is 0.444 e. The molecule has 1 saturated heterocycles. The maximum atomic E-state index is 11.9. The molecular formula is C14H26N2O3. The summed E-state index contributed by atoms with van der Waals surface area (Å²) in [5, 5.41) is 3.25. The highest BCUT2D eigenvalue weighted by Gasteiger charge is 2.30. The molecule has 1 aliphatic heterocycles. The van der Waals surface area contributed by atoms with Crippen molar-refractivity contribution < 1.29 is 9.53 Å². The number of carbonyl (C=O) groups is 1. The zero-order valence-electron chi connectivity index (χ0n) is 12.5. The number of likely N-dealkylation sites (tertiary alicyclic amines) is 1. The molecule has 0 aromatic rings. The van der Waals surface area contributed by atoms with Crippen molar-refractivity contribution >= 4 is 6.09 Å². The summed E-state index contributed by atoms with van der Waals surface area (Å²) < 4.78 is 5.35. The van der Waals surface area contributed by atoms with Gasteiger partial charge in [0.05, 0.1) is 6.04 Å². The van der Waals surface area contributed by atoms with Crippen molar-refractivity contribution in [2.75, 3.05) is 13.1 Å². The molecule has 1 fully saturated rings. The number of nitroso groups, excluding NO2 is 1. The molecule has 0 spiro atoms. The Morgan fingerprint density at radius 2 is 1.95 bits per heavy atom. The Labute approximate surface area is 115 Å². The maximum absolute atomic E-state index is 11.9. The number of amides is 1. The fraction of sp³-hybridized carbons (Fsp3) is 0.929. The van der Waals surface area contributed by atoms with Crippen LogP contribution in [0.5, 0.6) is 0 Å². The van der Waals surface area contributed by atoms with Crippen LogP contribution in [0.3, 0.4) is 0 Å². The van der Waals surface area contributed by atoms with Crippen molar-refractivity contribution in [3.8, 4) is 0 Å². The van der Waals surface area contributed by atoms with Gasteiger partial charge in [-0.25, -0.2) is 4.79 Å². The molecule has 1 amide bonds. The SMILES string of the molecule is CCCC(N=O)C1CCN(C(=O)OC(C)(C)C)CC1. The van der Waals surface area contributed by atoms with Crippen molar-refractivity contribution in [3.63, 3.8) is 0 Å². The van der Waals surface area contributed by atoms with Gasteiger partial charge in [0.1, 0.15) is 5.60 Å². The molecule has 1 aliphatic rings. The molecule has 0 radical (unpaired) electrons. The van der Waals surface area contributed by atoms with Gasteiger partial charge in [0.25, 0.3) is 0 Å². The number of hydrogen-bond donors (Lipinski definition) is 0. The van der Waals surface area contributed by atoms with E-state index in [-0.39, 0.29) is 12.1 Å². The lowest BCUT2D eigenvalue weighted by Gasteiger charge is -2.34. The van der Waals surface area contributed by atoms with Crippen LogP contribution >= 0.6 is 0 Å². The van der Waals surface area contributed by atoms with Crippen LogP contribution in [0.4, 0.5) is 4.79 Å². The average molecular weight is 270 g/mol. The van der Waals surface area contributed by atoms with Crippen molar-refractivity contribution in [2.24, 2.45) is 11.1 Å². The number of carbonyl (C=O) groups excluding carboxylic acids is 1. The van der Waals surface area contributed by atoms with Crippen molar-refractivity contribution in [1.82, 2.24) is 4.90 Å². The van der Waals surface area contributed by atoms with Gasteiger partial charge in [-0.3, -0.25) is 0 Å². The predicted octanol–water partition coefficient (Wildman–Crippen LogP) is 3.57. The second kappa shape index (κ2) is 6.87. The number of hydrogen-bond acceptors (Lipinski definition) is 4. The summed E-state index contributed by atoms with van der Waals surface area (Å²) in [7, 11) is 0. The highest BCUT2D eigenvalue weighted by molar-refractivity contribution is 5.68. The summed E-state index contributed by atoms with van der Waals surface area (Å²) in [6.07, 6.45) is 3.26. The Morgan fingerprint density at radius 3 is 2.37 bits per heavy atom. The molecule has 1 rings (SSSR count). The number of ether oxygens (including phenoxy) is 1. The van der Waals surface area contributed by atoms with Crippen LogP contribution in [0.25, 0.3) is 0 Å². The Balaban J connectivity index is 2.44. The van der Waals surface area contributed by atoms with Crippen LogP contribution in [-0.4, -0.2) is 35.7 Å². The first-order chi connectivity index (χ1) is 8.87. The highest BCUT2D eigenvalue weighted by atomic mass is 16.6. The minimum atomic E-state index is -0.455. The minimum absolute atomic E-state index is 0.0919. The number of piperidine rings is 1. The van der Waals surface area contributed by atoms with Crippen LogP contribution in [0.15, 0.2) is 5.18 Å². The second-order valence-corrected chi connectivity index (χ2v) is 6.27. The smallest absolute Gasteiger partial charge is 0.410 e. The van der Waals surface area contributed by atoms with E-state index >= 15 is 0 Å². The summed E-state index contributed by atoms with van der Waals surface area (Å²) >= 11 is 0. The third-order valence-electron chi connectivity index (χ3n) is 3.46. The molecule has 19 heavy (non-hydrogen) atoms. The van der Waals surface area contributed by atoms with Gasteiger partial charge in [0.15, 0.2) is 0 Å².